The summed E-state index contributed by atoms with van der Waals surface area (Å²) in [5, 5.41) is 34.6. The van der Waals surface area contributed by atoms with Crippen LogP contribution in [0, 0.1) is 6.92 Å². The summed E-state index contributed by atoms with van der Waals surface area (Å²) >= 11 is 0. The first-order valence-corrected chi connectivity index (χ1v) is 13.3. The van der Waals surface area contributed by atoms with Gasteiger partial charge in [-0.3, -0.25) is 19.2 Å². The number of para-hydroxylation sites is 1. The van der Waals surface area contributed by atoms with Gasteiger partial charge in [0.05, 0.1) is 36.3 Å². The van der Waals surface area contributed by atoms with Gasteiger partial charge in [-0.15, -0.1) is 0 Å². The van der Waals surface area contributed by atoms with E-state index >= 15 is 0 Å². The first kappa shape index (κ1) is 27.2. The first-order valence-electron chi connectivity index (χ1n) is 13.3. The standard InChI is InChI=1S/C29H29N7O6/c1-16-18-9-10-23(32-26(18)35(2)33-16)36-11-12-41-24(28(36)39)29(40,15-31-27(38)19-5-3-4-6-21(19)37)14-17-7-8-20-22(13-17)42-34-25(20)30/h3-10,13,24,37,40H,11-12,14-15H2,1-2H3,(H2,30,34)(H,31,38)/t24-,29?/m0/s1. The van der Waals surface area contributed by atoms with Crippen molar-refractivity contribution >= 4 is 45.5 Å². The van der Waals surface area contributed by atoms with Crippen LogP contribution in [0.5, 0.6) is 5.75 Å². The minimum atomic E-state index is -1.91. The molecule has 1 fully saturated rings. The third-order valence-corrected chi connectivity index (χ3v) is 7.49. The number of phenols is 1. The number of benzene rings is 2. The second-order valence-corrected chi connectivity index (χ2v) is 10.4. The number of pyridine rings is 1. The minimum absolute atomic E-state index is 0.0277. The highest BCUT2D eigenvalue weighted by Crippen LogP contribution is 2.30. The molecule has 3 aromatic heterocycles. The molecule has 42 heavy (non-hydrogen) atoms. The zero-order chi connectivity index (χ0) is 29.6. The van der Waals surface area contributed by atoms with E-state index in [1.807, 2.05) is 13.0 Å². The summed E-state index contributed by atoms with van der Waals surface area (Å²) in [5.74, 6) is -0.728. The Kier molecular flexibility index (Phi) is 6.75. The topological polar surface area (TPSA) is 182 Å². The van der Waals surface area contributed by atoms with E-state index in [1.54, 1.807) is 48.1 Å². The lowest BCUT2D eigenvalue weighted by Gasteiger charge is -2.41. The number of nitrogens with zero attached hydrogens (tertiary/aromatic N) is 5. The molecule has 1 unspecified atom stereocenters. The van der Waals surface area contributed by atoms with Gasteiger partial charge >= 0.3 is 0 Å². The highest BCUT2D eigenvalue weighted by atomic mass is 16.5. The second kappa shape index (κ2) is 10.4. The van der Waals surface area contributed by atoms with Crippen molar-refractivity contribution in [3.63, 3.8) is 0 Å². The third kappa shape index (κ3) is 4.78. The SMILES string of the molecule is Cc1nn(C)c2nc(N3CCO[C@H](C(O)(CNC(=O)c4ccccc4O)Cc4ccc5c(N)noc5c4)C3=O)ccc12. The lowest BCUT2D eigenvalue weighted by Crippen LogP contribution is -2.63. The zero-order valence-corrected chi connectivity index (χ0v) is 22.9. The lowest BCUT2D eigenvalue weighted by molar-refractivity contribution is -0.157. The first-order chi connectivity index (χ1) is 20.1. The highest BCUT2D eigenvalue weighted by molar-refractivity contribution is 5.99. The van der Waals surface area contributed by atoms with Crippen molar-refractivity contribution in [2.24, 2.45) is 7.05 Å². The number of carbonyl (C=O) groups is 2. The van der Waals surface area contributed by atoms with E-state index in [1.165, 1.54) is 17.0 Å². The molecule has 1 aliphatic heterocycles. The fourth-order valence-electron chi connectivity index (χ4n) is 5.35. The molecule has 13 heteroatoms. The van der Waals surface area contributed by atoms with Crippen molar-refractivity contribution in [3.05, 3.63) is 71.4 Å². The molecule has 2 aromatic carbocycles. The van der Waals surface area contributed by atoms with Crippen LogP contribution in [0.4, 0.5) is 11.6 Å². The van der Waals surface area contributed by atoms with Gasteiger partial charge in [0.15, 0.2) is 23.2 Å². The van der Waals surface area contributed by atoms with Crippen LogP contribution in [-0.4, -0.2) is 73.3 Å². The highest BCUT2D eigenvalue weighted by Gasteiger charge is 2.47. The number of phenolic OH excluding ortho intramolecular Hbond substituents is 1. The van der Waals surface area contributed by atoms with E-state index < -0.39 is 23.5 Å². The Bertz CT molecular complexity index is 1830. The van der Waals surface area contributed by atoms with Crippen LogP contribution >= 0.6 is 0 Å². The van der Waals surface area contributed by atoms with E-state index in [2.05, 4.69) is 20.6 Å². The van der Waals surface area contributed by atoms with Crippen LogP contribution in [-0.2, 0) is 23.0 Å². The van der Waals surface area contributed by atoms with Gasteiger partial charge < -0.3 is 30.5 Å². The molecule has 0 spiro atoms. The predicted octanol–water partition coefficient (Wildman–Crippen LogP) is 1.84. The molecule has 6 rings (SSSR count). The maximum absolute atomic E-state index is 14.0. The van der Waals surface area contributed by atoms with Gasteiger partial charge in [0.25, 0.3) is 11.8 Å². The molecule has 0 aliphatic carbocycles. The zero-order valence-electron chi connectivity index (χ0n) is 22.9. The van der Waals surface area contributed by atoms with Crippen molar-refractivity contribution < 1.29 is 29.1 Å². The molecule has 0 bridgehead atoms. The number of anilines is 2. The van der Waals surface area contributed by atoms with Crippen LogP contribution in [0.25, 0.3) is 22.0 Å². The van der Waals surface area contributed by atoms with Crippen LogP contribution in [0.15, 0.2) is 59.1 Å². The summed E-state index contributed by atoms with van der Waals surface area (Å²) < 4.78 is 12.8. The monoisotopic (exact) mass is 571 g/mol. The fraction of sp³-hybridized carbons (Fsp3) is 0.276. The van der Waals surface area contributed by atoms with Gasteiger partial charge in [0.1, 0.15) is 17.2 Å². The number of nitrogen functional groups attached to an aromatic ring is 1. The molecule has 2 atom stereocenters. The maximum atomic E-state index is 14.0. The number of aromatic nitrogens is 4. The van der Waals surface area contributed by atoms with Crippen molar-refractivity contribution in [1.82, 2.24) is 25.2 Å². The van der Waals surface area contributed by atoms with E-state index in [4.69, 9.17) is 15.0 Å². The van der Waals surface area contributed by atoms with Gasteiger partial charge in [-0.1, -0.05) is 23.4 Å². The number of carbonyl (C=O) groups excluding carboxylic acids is 2. The van der Waals surface area contributed by atoms with Gasteiger partial charge in [-0.05, 0) is 48.9 Å². The van der Waals surface area contributed by atoms with Crippen LogP contribution in [0.1, 0.15) is 21.6 Å². The number of hydrogen-bond donors (Lipinski definition) is 4. The molecule has 216 valence electrons. The van der Waals surface area contributed by atoms with Gasteiger partial charge in [-0.2, -0.15) is 5.10 Å². The molecule has 1 saturated heterocycles. The molecule has 0 radical (unpaired) electrons. The molecule has 5 aromatic rings. The summed E-state index contributed by atoms with van der Waals surface area (Å²) in [4.78, 5) is 33.1. The number of aromatic hydroxyl groups is 1. The summed E-state index contributed by atoms with van der Waals surface area (Å²) in [6, 6.07) is 14.7. The Labute approximate surface area is 239 Å². The number of morpholine rings is 1. The quantitative estimate of drug-likeness (QED) is 0.225. The van der Waals surface area contributed by atoms with Crippen LogP contribution < -0.4 is 16.0 Å². The van der Waals surface area contributed by atoms with E-state index in [-0.39, 0.29) is 43.2 Å². The van der Waals surface area contributed by atoms with Crippen LogP contribution in [0.2, 0.25) is 0 Å². The number of hydrogen-bond acceptors (Lipinski definition) is 10. The number of nitrogens with two attached hydrogens (primary N) is 1. The van der Waals surface area contributed by atoms with Gasteiger partial charge in [-0.25, -0.2) is 4.98 Å². The molecular weight excluding hydrogens is 542 g/mol. The minimum Gasteiger partial charge on any atom is -0.507 e. The Morgan fingerprint density at radius 1 is 1.19 bits per heavy atom. The van der Waals surface area contributed by atoms with Crippen molar-refractivity contribution in [2.75, 3.05) is 30.3 Å². The molecule has 13 nitrogen and oxygen atoms in total. The van der Waals surface area contributed by atoms with Gasteiger partial charge in [0, 0.05) is 18.9 Å². The molecule has 5 N–H and O–H groups in total. The number of rotatable bonds is 7. The van der Waals surface area contributed by atoms with Crippen molar-refractivity contribution in [3.8, 4) is 5.75 Å². The van der Waals surface area contributed by atoms with E-state index in [0.29, 0.717) is 28.0 Å². The summed E-state index contributed by atoms with van der Waals surface area (Å²) in [5.41, 5.74) is 6.40. The second-order valence-electron chi connectivity index (χ2n) is 10.4. The molecule has 4 heterocycles. The maximum Gasteiger partial charge on any atom is 0.260 e. The number of fused-ring (bicyclic) bond motifs is 2. The van der Waals surface area contributed by atoms with Crippen LogP contribution in [0.3, 0.4) is 0 Å². The van der Waals surface area contributed by atoms with Gasteiger partial charge in [0.2, 0.25) is 0 Å². The van der Waals surface area contributed by atoms with E-state index in [0.717, 1.165) is 11.1 Å². The fourth-order valence-corrected chi connectivity index (χ4v) is 5.35. The average molecular weight is 572 g/mol. The predicted molar refractivity (Wildman–Crippen MR) is 153 cm³/mol. The molecule has 2 amide bonds. The summed E-state index contributed by atoms with van der Waals surface area (Å²) in [6.45, 7) is 1.85. The molecular formula is C29H29N7O6. The Balaban J connectivity index is 1.33. The summed E-state index contributed by atoms with van der Waals surface area (Å²) in [6.07, 6.45) is -1.46. The summed E-state index contributed by atoms with van der Waals surface area (Å²) in [7, 11) is 1.78. The number of nitrogens with one attached hydrogen (secondary N) is 1. The molecule has 1 aliphatic rings. The van der Waals surface area contributed by atoms with E-state index in [9.17, 15) is 19.8 Å². The Morgan fingerprint density at radius 3 is 2.79 bits per heavy atom. The normalized spacial score (nSPS) is 17.1. The third-order valence-electron chi connectivity index (χ3n) is 7.49. The Morgan fingerprint density at radius 2 is 1.98 bits per heavy atom. The molecule has 0 saturated carbocycles. The number of amides is 2. The lowest BCUT2D eigenvalue weighted by atomic mass is 9.86. The largest absolute Gasteiger partial charge is 0.507 e. The Hall–Kier alpha value is -5.01. The number of aliphatic hydroxyl groups is 1. The average Bonchev–Trinajstić information content (AvgIpc) is 3.49. The van der Waals surface area contributed by atoms with Crippen molar-refractivity contribution in [2.45, 2.75) is 25.0 Å². The van der Waals surface area contributed by atoms with Crippen molar-refractivity contribution in [1.29, 1.82) is 0 Å². The number of ether oxygens (including phenoxy) is 1. The smallest absolute Gasteiger partial charge is 0.260 e. The number of aryl methyl sites for hydroxylation is 2.